The molecule has 0 aromatic heterocycles. The molecule has 1 radical (unpaired) electrons. The molecule has 0 spiro atoms. The van der Waals surface area contributed by atoms with Gasteiger partial charge < -0.3 is 0 Å². The van der Waals surface area contributed by atoms with Gasteiger partial charge in [-0.3, -0.25) is 0 Å². The van der Waals surface area contributed by atoms with E-state index in [4.69, 9.17) is 0 Å². The largest absolute Gasteiger partial charge is 0.159 e. The van der Waals surface area contributed by atoms with Crippen molar-refractivity contribution in [2.24, 2.45) is 5.10 Å². The monoisotopic (exact) mass is 143 g/mol. The molecule has 0 bridgehead atoms. The first kappa shape index (κ1) is 6.16. The molecule has 0 saturated carbocycles. The van der Waals surface area contributed by atoms with Crippen LogP contribution in [-0.2, 0) is 0 Å². The fourth-order valence-electron chi connectivity index (χ4n) is 1.00. The second-order valence-corrected chi connectivity index (χ2v) is 2.28. The summed E-state index contributed by atoms with van der Waals surface area (Å²) in [4.78, 5) is 0. The number of fused-ring (bicyclic) bond motifs is 1. The van der Waals surface area contributed by atoms with Gasteiger partial charge in [0.1, 0.15) is 0 Å². The summed E-state index contributed by atoms with van der Waals surface area (Å²) in [6.45, 7) is 0. The molecule has 11 heavy (non-hydrogen) atoms. The van der Waals surface area contributed by atoms with E-state index in [0.29, 0.717) is 0 Å². The number of allylic oxidation sites excluding steroid dienone is 1. The highest BCUT2D eigenvalue weighted by atomic mass is 15.3. The Morgan fingerprint density at radius 1 is 1.09 bits per heavy atom. The lowest BCUT2D eigenvalue weighted by molar-refractivity contribution is 0.968. The van der Waals surface area contributed by atoms with Gasteiger partial charge in [0.15, 0.2) is 0 Å². The minimum Gasteiger partial charge on any atom is -0.159 e. The molecular formula is C9H7N2. The van der Waals surface area contributed by atoms with Gasteiger partial charge in [0.2, 0.25) is 0 Å². The number of hydrogen-bond donors (Lipinski definition) is 0. The third-order valence-corrected chi connectivity index (χ3v) is 1.53. The SMILES string of the molecule is C1=Cc2ccccc2[N]N=C1. The van der Waals surface area contributed by atoms with E-state index in [-0.39, 0.29) is 0 Å². The molecule has 1 aliphatic rings. The summed E-state index contributed by atoms with van der Waals surface area (Å²) in [5.74, 6) is 0. The zero-order valence-corrected chi connectivity index (χ0v) is 5.94. The van der Waals surface area contributed by atoms with Crippen LogP contribution in [0.1, 0.15) is 5.56 Å². The van der Waals surface area contributed by atoms with Gasteiger partial charge in [-0.25, -0.2) is 0 Å². The topological polar surface area (TPSA) is 26.5 Å². The van der Waals surface area contributed by atoms with Crippen LogP contribution in [0.5, 0.6) is 0 Å². The molecule has 0 fully saturated rings. The van der Waals surface area contributed by atoms with Crippen molar-refractivity contribution < 1.29 is 0 Å². The summed E-state index contributed by atoms with van der Waals surface area (Å²) in [6, 6.07) is 7.91. The molecule has 0 aliphatic carbocycles. The van der Waals surface area contributed by atoms with Crippen molar-refractivity contribution in [3.8, 4) is 0 Å². The Morgan fingerprint density at radius 3 is 3.00 bits per heavy atom. The summed E-state index contributed by atoms with van der Waals surface area (Å²) >= 11 is 0. The average molecular weight is 143 g/mol. The predicted molar refractivity (Wildman–Crippen MR) is 45.8 cm³/mol. The highest BCUT2D eigenvalue weighted by Crippen LogP contribution is 2.17. The molecule has 1 aliphatic heterocycles. The summed E-state index contributed by atoms with van der Waals surface area (Å²) in [5, 5.41) is 3.83. The quantitative estimate of drug-likeness (QED) is 0.530. The minimum absolute atomic E-state index is 0.928. The Morgan fingerprint density at radius 2 is 2.00 bits per heavy atom. The van der Waals surface area contributed by atoms with E-state index in [1.807, 2.05) is 36.4 Å². The van der Waals surface area contributed by atoms with Gasteiger partial charge in [0, 0.05) is 11.8 Å². The molecule has 2 heteroatoms. The second-order valence-electron chi connectivity index (χ2n) is 2.28. The van der Waals surface area contributed by atoms with Crippen LogP contribution in [0.15, 0.2) is 35.4 Å². The maximum atomic E-state index is 3.99. The number of nitrogens with zero attached hydrogens (tertiary/aromatic N) is 2. The van der Waals surface area contributed by atoms with E-state index in [1.165, 1.54) is 0 Å². The Labute approximate surface area is 65.2 Å². The molecule has 1 heterocycles. The second kappa shape index (κ2) is 2.58. The van der Waals surface area contributed by atoms with Gasteiger partial charge in [-0.05, 0) is 12.1 Å². The molecule has 0 atom stereocenters. The molecule has 2 rings (SSSR count). The van der Waals surface area contributed by atoms with Crippen LogP contribution in [0.2, 0.25) is 0 Å². The Balaban J connectivity index is 2.52. The van der Waals surface area contributed by atoms with Crippen molar-refractivity contribution >= 4 is 18.0 Å². The van der Waals surface area contributed by atoms with E-state index in [1.54, 1.807) is 6.21 Å². The van der Waals surface area contributed by atoms with Crippen LogP contribution in [0.25, 0.3) is 6.08 Å². The Hall–Kier alpha value is -1.57. The van der Waals surface area contributed by atoms with Crippen molar-refractivity contribution in [2.75, 3.05) is 0 Å². The number of rotatable bonds is 0. The van der Waals surface area contributed by atoms with E-state index in [2.05, 4.69) is 10.5 Å². The maximum absolute atomic E-state index is 3.99. The smallest absolute Gasteiger partial charge is 0.0929 e. The average Bonchev–Trinajstić information content (AvgIpc) is 2.28. The van der Waals surface area contributed by atoms with Crippen molar-refractivity contribution in [1.29, 1.82) is 0 Å². The molecule has 0 N–H and O–H groups in total. The van der Waals surface area contributed by atoms with Gasteiger partial charge in [0.05, 0.1) is 5.69 Å². The first-order chi connectivity index (χ1) is 5.47. The lowest BCUT2D eigenvalue weighted by atomic mass is 10.2. The molecule has 0 saturated heterocycles. The number of hydrogen-bond acceptors (Lipinski definition) is 1. The van der Waals surface area contributed by atoms with Gasteiger partial charge in [-0.1, -0.05) is 24.3 Å². The minimum atomic E-state index is 0.928. The predicted octanol–water partition coefficient (Wildman–Crippen LogP) is 1.94. The first-order valence-electron chi connectivity index (χ1n) is 3.46. The Bertz CT molecular complexity index is 313. The third-order valence-electron chi connectivity index (χ3n) is 1.53. The fourth-order valence-corrected chi connectivity index (χ4v) is 1.00. The lowest BCUT2D eigenvalue weighted by Gasteiger charge is -1.97. The van der Waals surface area contributed by atoms with Crippen LogP contribution >= 0.6 is 0 Å². The standard InChI is InChI=1S/C9H7N2/c1-2-6-9-8(4-1)5-3-7-10-11-9/h1-7H. The van der Waals surface area contributed by atoms with Crippen molar-refractivity contribution in [3.63, 3.8) is 0 Å². The van der Waals surface area contributed by atoms with Crippen molar-refractivity contribution in [3.05, 3.63) is 35.9 Å². The highest BCUT2D eigenvalue weighted by Gasteiger charge is 1.98. The maximum Gasteiger partial charge on any atom is 0.0929 e. The summed E-state index contributed by atoms with van der Waals surface area (Å²) in [5.41, 5.74) is 6.04. The Kier molecular flexibility index (Phi) is 1.44. The van der Waals surface area contributed by atoms with E-state index < -0.39 is 0 Å². The van der Waals surface area contributed by atoms with Crippen molar-refractivity contribution in [2.45, 2.75) is 0 Å². The van der Waals surface area contributed by atoms with E-state index in [9.17, 15) is 0 Å². The van der Waals surface area contributed by atoms with Crippen LogP contribution < -0.4 is 5.43 Å². The van der Waals surface area contributed by atoms with Crippen LogP contribution in [0.4, 0.5) is 5.69 Å². The first-order valence-corrected chi connectivity index (χ1v) is 3.46. The summed E-state index contributed by atoms with van der Waals surface area (Å²) < 4.78 is 0. The van der Waals surface area contributed by atoms with Gasteiger partial charge in [-0.15, -0.1) is 0 Å². The zero-order valence-electron chi connectivity index (χ0n) is 5.94. The molecule has 1 aromatic rings. The fraction of sp³-hybridized carbons (Fsp3) is 0. The molecule has 1 aromatic carbocycles. The van der Waals surface area contributed by atoms with E-state index >= 15 is 0 Å². The van der Waals surface area contributed by atoms with E-state index in [0.717, 1.165) is 11.3 Å². The molecule has 53 valence electrons. The van der Waals surface area contributed by atoms with Gasteiger partial charge in [0.25, 0.3) is 0 Å². The van der Waals surface area contributed by atoms with Crippen LogP contribution in [0.3, 0.4) is 0 Å². The van der Waals surface area contributed by atoms with Crippen molar-refractivity contribution in [1.82, 2.24) is 5.43 Å². The molecular weight excluding hydrogens is 136 g/mol. The van der Waals surface area contributed by atoms with Gasteiger partial charge in [-0.2, -0.15) is 10.5 Å². The third kappa shape index (κ3) is 1.15. The molecule has 0 unspecified atom stereocenters. The number of benzene rings is 1. The molecule has 0 amide bonds. The zero-order chi connectivity index (χ0) is 7.52. The van der Waals surface area contributed by atoms with Crippen LogP contribution in [0, 0.1) is 0 Å². The van der Waals surface area contributed by atoms with Gasteiger partial charge >= 0.3 is 0 Å². The lowest BCUT2D eigenvalue weighted by Crippen LogP contribution is -1.86. The summed E-state index contributed by atoms with van der Waals surface area (Å²) in [7, 11) is 0. The summed E-state index contributed by atoms with van der Waals surface area (Å²) in [6.07, 6.45) is 5.56. The van der Waals surface area contributed by atoms with Crippen LogP contribution in [-0.4, -0.2) is 6.21 Å². The normalized spacial score (nSPS) is 13.5. The highest BCUT2D eigenvalue weighted by molar-refractivity contribution is 5.82. The molecule has 2 nitrogen and oxygen atoms in total.